The van der Waals surface area contributed by atoms with Crippen LogP contribution in [0.5, 0.6) is 0 Å². The van der Waals surface area contributed by atoms with Gasteiger partial charge in [0.25, 0.3) is 0 Å². The molecule has 1 aromatic rings. The summed E-state index contributed by atoms with van der Waals surface area (Å²) in [4.78, 5) is 11.1. The fourth-order valence-corrected chi connectivity index (χ4v) is 1.68. The third-order valence-electron chi connectivity index (χ3n) is 1.70. The van der Waals surface area contributed by atoms with Crippen LogP contribution in [0.2, 0.25) is 0 Å². The molecule has 1 amide bonds. The number of carbonyl (C=O) groups excluding carboxylic acids is 1. The number of aryl methyl sites for hydroxylation is 1. The van der Waals surface area contributed by atoms with Crippen LogP contribution in [-0.2, 0) is 4.79 Å². The van der Waals surface area contributed by atoms with E-state index in [1.54, 1.807) is 6.07 Å². The summed E-state index contributed by atoms with van der Waals surface area (Å²) in [6.07, 6.45) is -0.106. The highest BCUT2D eigenvalue weighted by Gasteiger charge is 2.03. The van der Waals surface area contributed by atoms with Crippen LogP contribution in [0, 0.1) is 21.8 Å². The zero-order valence-corrected chi connectivity index (χ0v) is 9.83. The van der Waals surface area contributed by atoms with Gasteiger partial charge in [-0.2, -0.15) is 5.26 Å². The number of carbonyl (C=O) groups is 1. The molecule has 0 heterocycles. The van der Waals surface area contributed by atoms with Crippen LogP contribution in [0.4, 0.5) is 5.69 Å². The van der Waals surface area contributed by atoms with E-state index in [4.69, 9.17) is 5.26 Å². The van der Waals surface area contributed by atoms with E-state index in [0.29, 0.717) is 0 Å². The Bertz CT molecular complexity index is 396. The van der Waals surface area contributed by atoms with Gasteiger partial charge in [0.05, 0.1) is 6.07 Å². The third-order valence-corrected chi connectivity index (χ3v) is 2.37. The fourth-order valence-electron chi connectivity index (χ4n) is 1.03. The average molecular weight is 300 g/mol. The predicted molar refractivity (Wildman–Crippen MR) is 62.8 cm³/mol. The van der Waals surface area contributed by atoms with Crippen molar-refractivity contribution in [2.24, 2.45) is 0 Å². The van der Waals surface area contributed by atoms with Crippen LogP contribution in [0.3, 0.4) is 0 Å². The first-order valence-corrected chi connectivity index (χ1v) is 5.14. The van der Waals surface area contributed by atoms with E-state index in [2.05, 4.69) is 27.9 Å². The minimum absolute atomic E-state index is 0.106. The van der Waals surface area contributed by atoms with Crippen molar-refractivity contribution in [2.45, 2.75) is 13.3 Å². The number of hydrogen-bond acceptors (Lipinski definition) is 2. The molecule has 0 aliphatic rings. The van der Waals surface area contributed by atoms with Gasteiger partial charge in [-0.05, 0) is 53.3 Å². The topological polar surface area (TPSA) is 52.9 Å². The number of rotatable bonds is 2. The number of amides is 1. The van der Waals surface area contributed by atoms with Crippen molar-refractivity contribution in [1.82, 2.24) is 0 Å². The molecule has 0 fully saturated rings. The molecule has 4 heteroatoms. The molecule has 0 bridgehead atoms. The first kappa shape index (κ1) is 11.0. The Balaban J connectivity index is 2.78. The van der Waals surface area contributed by atoms with Gasteiger partial charge in [0.15, 0.2) is 0 Å². The van der Waals surface area contributed by atoms with Crippen molar-refractivity contribution in [3.8, 4) is 6.07 Å². The number of anilines is 1. The second kappa shape index (κ2) is 4.96. The molecule has 0 radical (unpaired) electrons. The van der Waals surface area contributed by atoms with Gasteiger partial charge >= 0.3 is 0 Å². The Morgan fingerprint density at radius 1 is 1.64 bits per heavy atom. The van der Waals surface area contributed by atoms with Crippen LogP contribution in [0.1, 0.15) is 12.0 Å². The second-order valence-corrected chi connectivity index (χ2v) is 4.09. The Morgan fingerprint density at radius 2 is 2.36 bits per heavy atom. The highest BCUT2D eigenvalue weighted by molar-refractivity contribution is 14.1. The second-order valence-electron chi connectivity index (χ2n) is 2.84. The summed E-state index contributed by atoms with van der Waals surface area (Å²) >= 11 is 2.21. The number of halogens is 1. The van der Waals surface area contributed by atoms with Gasteiger partial charge in [-0.25, -0.2) is 0 Å². The lowest BCUT2D eigenvalue weighted by Gasteiger charge is -2.06. The molecule has 0 saturated heterocycles. The van der Waals surface area contributed by atoms with Gasteiger partial charge in [0.2, 0.25) is 5.91 Å². The monoisotopic (exact) mass is 300 g/mol. The first-order chi connectivity index (χ1) is 6.63. The van der Waals surface area contributed by atoms with Gasteiger partial charge in [-0.3, -0.25) is 4.79 Å². The number of hydrogen-bond donors (Lipinski definition) is 1. The highest BCUT2D eigenvalue weighted by Crippen LogP contribution is 2.17. The molecular weight excluding hydrogens is 291 g/mol. The maximum absolute atomic E-state index is 11.1. The molecule has 1 N–H and O–H groups in total. The molecule has 0 atom stereocenters. The van der Waals surface area contributed by atoms with E-state index in [-0.39, 0.29) is 12.3 Å². The standard InChI is InChI=1S/C10H9IN2O/c1-7-6-8(11)2-3-9(7)13-10(14)4-5-12/h2-3,6H,4H2,1H3,(H,13,14). The summed E-state index contributed by atoms with van der Waals surface area (Å²) in [5.74, 6) is -0.267. The Kier molecular flexibility index (Phi) is 3.89. The van der Waals surface area contributed by atoms with Gasteiger partial charge in [-0.15, -0.1) is 0 Å². The highest BCUT2D eigenvalue weighted by atomic mass is 127. The van der Waals surface area contributed by atoms with Crippen LogP contribution >= 0.6 is 22.6 Å². The molecule has 0 saturated carbocycles. The van der Waals surface area contributed by atoms with Crippen molar-refractivity contribution < 1.29 is 4.79 Å². The molecule has 1 aromatic carbocycles. The lowest BCUT2D eigenvalue weighted by Crippen LogP contribution is -2.11. The van der Waals surface area contributed by atoms with Gasteiger partial charge < -0.3 is 5.32 Å². The van der Waals surface area contributed by atoms with Crippen molar-refractivity contribution in [1.29, 1.82) is 5.26 Å². The molecule has 1 rings (SSSR count). The molecular formula is C10H9IN2O. The van der Waals surface area contributed by atoms with Crippen LogP contribution < -0.4 is 5.32 Å². The number of nitriles is 1. The van der Waals surface area contributed by atoms with E-state index < -0.39 is 0 Å². The molecule has 3 nitrogen and oxygen atoms in total. The van der Waals surface area contributed by atoms with E-state index in [0.717, 1.165) is 14.8 Å². The first-order valence-electron chi connectivity index (χ1n) is 4.06. The number of benzene rings is 1. The lowest BCUT2D eigenvalue weighted by atomic mass is 10.2. The molecule has 14 heavy (non-hydrogen) atoms. The van der Waals surface area contributed by atoms with Crippen LogP contribution in [-0.4, -0.2) is 5.91 Å². The van der Waals surface area contributed by atoms with Crippen LogP contribution in [0.15, 0.2) is 18.2 Å². The fraction of sp³-hybridized carbons (Fsp3) is 0.200. The molecule has 0 aliphatic carbocycles. The van der Waals surface area contributed by atoms with Crippen molar-refractivity contribution in [2.75, 3.05) is 5.32 Å². The van der Waals surface area contributed by atoms with Gasteiger partial charge in [-0.1, -0.05) is 0 Å². The zero-order valence-electron chi connectivity index (χ0n) is 7.67. The summed E-state index contributed by atoms with van der Waals surface area (Å²) in [5, 5.41) is 11.0. The van der Waals surface area contributed by atoms with E-state index in [1.165, 1.54) is 0 Å². The molecule has 0 aromatic heterocycles. The summed E-state index contributed by atoms with van der Waals surface area (Å²) in [5.41, 5.74) is 1.77. The number of nitrogens with zero attached hydrogens (tertiary/aromatic N) is 1. The quantitative estimate of drug-likeness (QED) is 0.853. The van der Waals surface area contributed by atoms with Crippen molar-refractivity contribution in [3.05, 3.63) is 27.3 Å². The zero-order chi connectivity index (χ0) is 10.6. The Hall–Kier alpha value is -1.09. The Labute approximate surface area is 96.3 Å². The average Bonchev–Trinajstić information content (AvgIpc) is 2.10. The maximum Gasteiger partial charge on any atom is 0.238 e. The summed E-state index contributed by atoms with van der Waals surface area (Å²) in [7, 11) is 0. The third kappa shape index (κ3) is 3.00. The van der Waals surface area contributed by atoms with Crippen molar-refractivity contribution >= 4 is 34.2 Å². The lowest BCUT2D eigenvalue weighted by molar-refractivity contribution is -0.115. The summed E-state index contributed by atoms with van der Waals surface area (Å²) in [6.45, 7) is 1.92. The van der Waals surface area contributed by atoms with Crippen molar-refractivity contribution in [3.63, 3.8) is 0 Å². The molecule has 72 valence electrons. The minimum Gasteiger partial charge on any atom is -0.325 e. The van der Waals surface area contributed by atoms with E-state index in [9.17, 15) is 4.79 Å². The molecule has 0 aliphatic heterocycles. The van der Waals surface area contributed by atoms with E-state index >= 15 is 0 Å². The van der Waals surface area contributed by atoms with Crippen LogP contribution in [0.25, 0.3) is 0 Å². The largest absolute Gasteiger partial charge is 0.325 e. The summed E-state index contributed by atoms with van der Waals surface area (Å²) < 4.78 is 1.12. The normalized spacial score (nSPS) is 9.21. The smallest absolute Gasteiger partial charge is 0.238 e. The maximum atomic E-state index is 11.1. The predicted octanol–water partition coefficient (Wildman–Crippen LogP) is 2.45. The van der Waals surface area contributed by atoms with Gasteiger partial charge in [0.1, 0.15) is 6.42 Å². The SMILES string of the molecule is Cc1cc(I)ccc1NC(=O)CC#N. The van der Waals surface area contributed by atoms with E-state index in [1.807, 2.05) is 25.1 Å². The minimum atomic E-state index is -0.267. The Morgan fingerprint density at radius 3 is 2.93 bits per heavy atom. The molecule has 0 spiro atoms. The number of nitrogens with one attached hydrogen (secondary N) is 1. The molecule has 0 unspecified atom stereocenters. The van der Waals surface area contributed by atoms with Gasteiger partial charge in [0, 0.05) is 9.26 Å². The summed E-state index contributed by atoms with van der Waals surface area (Å²) in [6, 6.07) is 7.53.